The minimum absolute atomic E-state index is 0.277. The van der Waals surface area contributed by atoms with Gasteiger partial charge in [0.1, 0.15) is 17.5 Å². The molecule has 0 saturated carbocycles. The summed E-state index contributed by atoms with van der Waals surface area (Å²) in [4.78, 5) is 12.6. The van der Waals surface area contributed by atoms with Crippen LogP contribution in [0.4, 0.5) is 11.5 Å². The molecule has 124 valence electrons. The molecule has 0 aliphatic carbocycles. The van der Waals surface area contributed by atoms with Crippen LogP contribution in [0.2, 0.25) is 0 Å². The molecular formula is C16H16BrN5O2. The highest BCUT2D eigenvalue weighted by Gasteiger charge is 2.13. The number of hydrogen-bond donors (Lipinski definition) is 2. The summed E-state index contributed by atoms with van der Waals surface area (Å²) < 4.78 is 11.8. The van der Waals surface area contributed by atoms with Crippen LogP contribution in [-0.4, -0.2) is 35.2 Å². The van der Waals surface area contributed by atoms with Crippen LogP contribution in [0.15, 0.2) is 41.3 Å². The first-order chi connectivity index (χ1) is 11.7. The van der Waals surface area contributed by atoms with Crippen molar-refractivity contribution in [1.82, 2.24) is 15.0 Å². The number of methoxy groups -OCH3 is 1. The lowest BCUT2D eigenvalue weighted by molar-refractivity contribution is 0.210. The van der Waals surface area contributed by atoms with Gasteiger partial charge in [-0.25, -0.2) is 4.98 Å². The summed E-state index contributed by atoms with van der Waals surface area (Å²) in [5.74, 6) is 1.35. The van der Waals surface area contributed by atoms with E-state index in [1.165, 1.54) is 6.33 Å². The van der Waals surface area contributed by atoms with Gasteiger partial charge in [0.15, 0.2) is 11.6 Å². The van der Waals surface area contributed by atoms with E-state index in [2.05, 4.69) is 36.2 Å². The Kier molecular flexibility index (Phi) is 5.07. The number of halogens is 1. The van der Waals surface area contributed by atoms with E-state index in [0.29, 0.717) is 30.4 Å². The van der Waals surface area contributed by atoms with Gasteiger partial charge in [0.25, 0.3) is 0 Å². The second kappa shape index (κ2) is 7.41. The van der Waals surface area contributed by atoms with Crippen molar-refractivity contribution in [2.75, 3.05) is 31.3 Å². The molecule has 3 aromatic rings. The molecule has 0 spiro atoms. The molecule has 0 unspecified atom stereocenters. The largest absolute Gasteiger partial charge is 0.435 e. The molecule has 3 N–H and O–H groups in total. The van der Waals surface area contributed by atoms with Crippen molar-refractivity contribution in [3.63, 3.8) is 0 Å². The monoisotopic (exact) mass is 389 g/mol. The molecule has 3 rings (SSSR count). The van der Waals surface area contributed by atoms with Crippen molar-refractivity contribution in [3.05, 3.63) is 41.3 Å². The highest BCUT2D eigenvalue weighted by Crippen LogP contribution is 2.35. The Morgan fingerprint density at radius 1 is 1.21 bits per heavy atom. The highest BCUT2D eigenvalue weighted by molar-refractivity contribution is 9.10. The van der Waals surface area contributed by atoms with Crippen LogP contribution in [0.5, 0.6) is 11.6 Å². The first-order valence-corrected chi connectivity index (χ1v) is 8.04. The number of nitrogens with zero attached hydrogens (tertiary/aromatic N) is 3. The first-order valence-electron chi connectivity index (χ1n) is 7.25. The van der Waals surface area contributed by atoms with Crippen molar-refractivity contribution >= 4 is 38.3 Å². The van der Waals surface area contributed by atoms with Crippen molar-refractivity contribution in [2.45, 2.75) is 0 Å². The van der Waals surface area contributed by atoms with E-state index < -0.39 is 0 Å². The number of pyridine rings is 1. The third-order valence-corrected chi connectivity index (χ3v) is 4.02. The van der Waals surface area contributed by atoms with Gasteiger partial charge in [-0.2, -0.15) is 4.98 Å². The Balaban J connectivity index is 1.92. The van der Waals surface area contributed by atoms with Crippen LogP contribution < -0.4 is 15.8 Å². The molecule has 0 radical (unpaired) electrons. The molecular weight excluding hydrogens is 374 g/mol. The van der Waals surface area contributed by atoms with E-state index in [1.54, 1.807) is 13.3 Å². The quantitative estimate of drug-likeness (QED) is 0.624. The molecule has 0 amide bonds. The molecule has 0 aliphatic rings. The lowest BCUT2D eigenvalue weighted by atomic mass is 10.2. The molecule has 0 atom stereocenters. The maximum atomic E-state index is 6.10. The molecule has 2 aromatic heterocycles. The summed E-state index contributed by atoms with van der Waals surface area (Å²) >= 11 is 3.51. The number of rotatable bonds is 6. The summed E-state index contributed by atoms with van der Waals surface area (Å²) in [7, 11) is 1.63. The van der Waals surface area contributed by atoms with Crippen molar-refractivity contribution in [1.29, 1.82) is 0 Å². The van der Waals surface area contributed by atoms with Crippen LogP contribution in [0.25, 0.3) is 10.9 Å². The van der Waals surface area contributed by atoms with Crippen LogP contribution in [-0.2, 0) is 4.74 Å². The van der Waals surface area contributed by atoms with Crippen LogP contribution >= 0.6 is 15.9 Å². The number of anilines is 2. The molecule has 0 bridgehead atoms. The van der Waals surface area contributed by atoms with Gasteiger partial charge >= 0.3 is 0 Å². The van der Waals surface area contributed by atoms with Gasteiger partial charge < -0.3 is 20.5 Å². The summed E-state index contributed by atoms with van der Waals surface area (Å²) in [6.45, 7) is 1.13. The van der Waals surface area contributed by atoms with Crippen LogP contribution in [0.3, 0.4) is 0 Å². The van der Waals surface area contributed by atoms with Crippen molar-refractivity contribution in [3.8, 4) is 11.6 Å². The van der Waals surface area contributed by atoms with Gasteiger partial charge in [-0.05, 0) is 18.2 Å². The minimum Gasteiger partial charge on any atom is -0.435 e. The number of ether oxygens (including phenoxy) is 2. The van der Waals surface area contributed by atoms with E-state index in [4.69, 9.17) is 15.2 Å². The molecule has 7 nitrogen and oxygen atoms in total. The zero-order valence-electron chi connectivity index (χ0n) is 13.0. The van der Waals surface area contributed by atoms with Crippen molar-refractivity contribution in [2.24, 2.45) is 0 Å². The molecule has 0 saturated heterocycles. The van der Waals surface area contributed by atoms with Gasteiger partial charge in [0.2, 0.25) is 5.88 Å². The van der Waals surface area contributed by atoms with Crippen LogP contribution in [0.1, 0.15) is 0 Å². The summed E-state index contributed by atoms with van der Waals surface area (Å²) in [6.07, 6.45) is 3.11. The minimum atomic E-state index is 0.277. The normalized spacial score (nSPS) is 10.8. The molecule has 0 aliphatic heterocycles. The van der Waals surface area contributed by atoms with Gasteiger partial charge in [-0.1, -0.05) is 22.0 Å². The standard InChI is InChI=1S/C16H16BrN5O2/c1-23-8-7-20-15-13(18)16(22-9-21-15)24-12-5-4-11(17)10-3-2-6-19-14(10)12/h2-6,9H,7-8,18H2,1H3,(H,20,21,22). The van der Waals surface area contributed by atoms with E-state index in [9.17, 15) is 0 Å². The Labute approximate surface area is 147 Å². The van der Waals surface area contributed by atoms with Gasteiger partial charge in [0, 0.05) is 29.7 Å². The summed E-state index contributed by atoms with van der Waals surface area (Å²) in [5.41, 5.74) is 7.16. The number of hydrogen-bond acceptors (Lipinski definition) is 7. The molecule has 8 heteroatoms. The second-order valence-electron chi connectivity index (χ2n) is 4.91. The van der Waals surface area contributed by atoms with Gasteiger partial charge in [-0.3, -0.25) is 4.98 Å². The lowest BCUT2D eigenvalue weighted by Crippen LogP contribution is -2.11. The Morgan fingerprint density at radius 3 is 2.92 bits per heavy atom. The average Bonchev–Trinajstić information content (AvgIpc) is 2.61. The molecule has 2 heterocycles. The number of fused-ring (bicyclic) bond motifs is 1. The molecule has 0 fully saturated rings. The number of nitrogens with one attached hydrogen (secondary N) is 1. The predicted octanol–water partition coefficient (Wildman–Crippen LogP) is 3.22. The number of nitrogen functional groups attached to an aromatic ring is 1. The van der Waals surface area contributed by atoms with Crippen LogP contribution in [0, 0.1) is 0 Å². The smallest absolute Gasteiger partial charge is 0.248 e. The number of aromatic nitrogens is 3. The van der Waals surface area contributed by atoms with Gasteiger partial charge in [0.05, 0.1) is 6.61 Å². The Bertz CT molecular complexity index is 859. The topological polar surface area (TPSA) is 95.2 Å². The van der Waals surface area contributed by atoms with E-state index in [-0.39, 0.29) is 5.88 Å². The maximum absolute atomic E-state index is 6.10. The fourth-order valence-corrected chi connectivity index (χ4v) is 2.62. The average molecular weight is 390 g/mol. The lowest BCUT2D eigenvalue weighted by Gasteiger charge is -2.12. The van der Waals surface area contributed by atoms with Crippen molar-refractivity contribution < 1.29 is 9.47 Å². The van der Waals surface area contributed by atoms with E-state index in [1.807, 2.05) is 24.3 Å². The summed E-state index contributed by atoms with van der Waals surface area (Å²) in [5, 5.41) is 4.03. The highest BCUT2D eigenvalue weighted by atomic mass is 79.9. The first kappa shape index (κ1) is 16.4. The number of nitrogens with two attached hydrogens (primary N) is 1. The van der Waals surface area contributed by atoms with Gasteiger partial charge in [-0.15, -0.1) is 0 Å². The third kappa shape index (κ3) is 3.39. The molecule has 1 aromatic carbocycles. The predicted molar refractivity (Wildman–Crippen MR) is 96.3 cm³/mol. The SMILES string of the molecule is COCCNc1ncnc(Oc2ccc(Br)c3cccnc23)c1N. The summed E-state index contributed by atoms with van der Waals surface area (Å²) in [6, 6.07) is 7.54. The van der Waals surface area contributed by atoms with E-state index >= 15 is 0 Å². The number of benzene rings is 1. The van der Waals surface area contributed by atoms with E-state index in [0.717, 1.165) is 15.4 Å². The fourth-order valence-electron chi connectivity index (χ4n) is 2.17. The fraction of sp³-hybridized carbons (Fsp3) is 0.188. The molecule has 24 heavy (non-hydrogen) atoms. The Hall–Kier alpha value is -2.45. The zero-order chi connectivity index (χ0) is 16.9. The Morgan fingerprint density at radius 2 is 2.08 bits per heavy atom. The second-order valence-corrected chi connectivity index (χ2v) is 5.76. The zero-order valence-corrected chi connectivity index (χ0v) is 14.6. The maximum Gasteiger partial charge on any atom is 0.248 e. The third-order valence-electron chi connectivity index (χ3n) is 3.33.